The van der Waals surface area contributed by atoms with Gasteiger partial charge >= 0.3 is 6.09 Å². The summed E-state index contributed by atoms with van der Waals surface area (Å²) >= 11 is 0. The largest absolute Gasteiger partial charge is 0.448 e. The monoisotopic (exact) mass is 217 g/mol. The summed E-state index contributed by atoms with van der Waals surface area (Å²) in [6, 6.07) is -0.327. The minimum absolute atomic E-state index is 0.0780. The summed E-state index contributed by atoms with van der Waals surface area (Å²) in [4.78, 5) is 21.6. The molecule has 1 fully saturated rings. The summed E-state index contributed by atoms with van der Waals surface area (Å²) in [5.41, 5.74) is 4.75. The van der Waals surface area contributed by atoms with E-state index >= 15 is 0 Å². The van der Waals surface area contributed by atoms with Crippen molar-refractivity contribution in [2.45, 2.75) is 6.04 Å². The molecule has 7 nitrogen and oxygen atoms in total. The third kappa shape index (κ3) is 4.61. The van der Waals surface area contributed by atoms with E-state index in [2.05, 4.69) is 15.4 Å². The maximum Gasteiger partial charge on any atom is 0.404 e. The second kappa shape index (κ2) is 6.20. The Morgan fingerprint density at radius 3 is 3.00 bits per heavy atom. The van der Waals surface area contributed by atoms with Crippen LogP contribution in [-0.2, 0) is 14.3 Å². The van der Waals surface area contributed by atoms with E-state index in [1.807, 2.05) is 0 Å². The van der Waals surface area contributed by atoms with Crippen LogP contribution in [0.25, 0.3) is 0 Å². The molecule has 0 aromatic heterocycles. The summed E-state index contributed by atoms with van der Waals surface area (Å²) in [5.74, 6) is -0.164. The van der Waals surface area contributed by atoms with E-state index in [0.717, 1.165) is 0 Å². The first-order valence-corrected chi connectivity index (χ1v) is 4.71. The van der Waals surface area contributed by atoms with Crippen LogP contribution in [0.3, 0.4) is 0 Å². The smallest absolute Gasteiger partial charge is 0.404 e. The fourth-order valence-electron chi connectivity index (χ4n) is 1.18. The molecule has 1 heterocycles. The van der Waals surface area contributed by atoms with Crippen molar-refractivity contribution in [2.75, 3.05) is 32.9 Å². The van der Waals surface area contributed by atoms with E-state index in [9.17, 15) is 9.59 Å². The van der Waals surface area contributed by atoms with Crippen molar-refractivity contribution in [3.05, 3.63) is 0 Å². The zero-order valence-electron chi connectivity index (χ0n) is 8.32. The molecule has 0 aromatic rings. The van der Waals surface area contributed by atoms with Crippen molar-refractivity contribution in [1.82, 2.24) is 10.6 Å². The summed E-state index contributed by atoms with van der Waals surface area (Å²) < 4.78 is 9.57. The Kier molecular flexibility index (Phi) is 4.85. The van der Waals surface area contributed by atoms with Crippen LogP contribution in [0.4, 0.5) is 4.79 Å². The first-order chi connectivity index (χ1) is 7.20. The number of carbonyl (C=O) groups is 2. The second-order valence-electron chi connectivity index (χ2n) is 3.04. The second-order valence-corrected chi connectivity index (χ2v) is 3.04. The number of nitrogens with one attached hydrogen (secondary N) is 2. The lowest BCUT2D eigenvalue weighted by Gasteiger charge is -2.22. The zero-order chi connectivity index (χ0) is 11.1. The predicted molar refractivity (Wildman–Crippen MR) is 51.2 cm³/mol. The topological polar surface area (TPSA) is 103 Å². The molecule has 0 radical (unpaired) electrons. The van der Waals surface area contributed by atoms with E-state index in [1.54, 1.807) is 0 Å². The number of primary amides is 1. The van der Waals surface area contributed by atoms with Gasteiger partial charge in [0.2, 0.25) is 5.91 Å². The lowest BCUT2D eigenvalue weighted by molar-refractivity contribution is -0.126. The van der Waals surface area contributed by atoms with Crippen molar-refractivity contribution in [2.24, 2.45) is 5.73 Å². The van der Waals surface area contributed by atoms with Crippen molar-refractivity contribution in [3.8, 4) is 0 Å². The minimum Gasteiger partial charge on any atom is -0.448 e. The molecule has 0 aromatic carbocycles. The van der Waals surface area contributed by atoms with Gasteiger partial charge < -0.3 is 25.8 Å². The first kappa shape index (κ1) is 11.7. The molecule has 15 heavy (non-hydrogen) atoms. The molecule has 1 rings (SSSR count). The lowest BCUT2D eigenvalue weighted by Crippen LogP contribution is -2.51. The molecule has 2 amide bonds. The molecule has 0 bridgehead atoms. The van der Waals surface area contributed by atoms with E-state index in [0.29, 0.717) is 19.8 Å². The number of morpholine rings is 1. The van der Waals surface area contributed by atoms with Gasteiger partial charge in [-0.05, 0) is 0 Å². The molecule has 1 unspecified atom stereocenters. The fourth-order valence-corrected chi connectivity index (χ4v) is 1.18. The molecule has 7 heteroatoms. The summed E-state index contributed by atoms with van der Waals surface area (Å²) in [6.07, 6.45) is -0.844. The number of hydrogen-bond donors (Lipinski definition) is 3. The number of carbonyl (C=O) groups excluding carboxylic acids is 2. The molecule has 1 atom stereocenters. The Hall–Kier alpha value is -1.34. The predicted octanol–water partition coefficient (Wildman–Crippen LogP) is -1.81. The van der Waals surface area contributed by atoms with Gasteiger partial charge in [-0.2, -0.15) is 0 Å². The Balaban J connectivity index is 2.09. The summed E-state index contributed by atoms with van der Waals surface area (Å²) in [6.45, 7) is 1.97. The minimum atomic E-state index is -0.844. The van der Waals surface area contributed by atoms with Gasteiger partial charge in [0, 0.05) is 6.54 Å². The van der Waals surface area contributed by atoms with Crippen LogP contribution >= 0.6 is 0 Å². The Morgan fingerprint density at radius 1 is 1.60 bits per heavy atom. The fraction of sp³-hybridized carbons (Fsp3) is 0.750. The van der Waals surface area contributed by atoms with E-state index < -0.39 is 6.09 Å². The van der Waals surface area contributed by atoms with Gasteiger partial charge in [0.1, 0.15) is 12.6 Å². The number of nitrogens with two attached hydrogens (primary N) is 1. The van der Waals surface area contributed by atoms with Gasteiger partial charge in [0.15, 0.2) is 0 Å². The normalized spacial score (nSPS) is 20.7. The van der Waals surface area contributed by atoms with Crippen molar-refractivity contribution in [3.63, 3.8) is 0 Å². The van der Waals surface area contributed by atoms with Crippen LogP contribution in [0.15, 0.2) is 0 Å². The molecule has 0 spiro atoms. The molecular formula is C8H15N3O4. The van der Waals surface area contributed by atoms with Crippen molar-refractivity contribution >= 4 is 12.0 Å². The van der Waals surface area contributed by atoms with Gasteiger partial charge in [-0.3, -0.25) is 4.79 Å². The van der Waals surface area contributed by atoms with Gasteiger partial charge in [-0.1, -0.05) is 0 Å². The van der Waals surface area contributed by atoms with Gasteiger partial charge in [0.25, 0.3) is 0 Å². The van der Waals surface area contributed by atoms with E-state index in [1.165, 1.54) is 0 Å². The van der Waals surface area contributed by atoms with Crippen LogP contribution in [0.1, 0.15) is 0 Å². The molecule has 1 aliphatic rings. The molecule has 86 valence electrons. The molecule has 0 aliphatic carbocycles. The lowest BCUT2D eigenvalue weighted by atomic mass is 10.2. The van der Waals surface area contributed by atoms with Gasteiger partial charge in [-0.25, -0.2) is 4.79 Å². The number of hydrogen-bond acceptors (Lipinski definition) is 5. The Morgan fingerprint density at radius 2 is 2.40 bits per heavy atom. The van der Waals surface area contributed by atoms with Crippen LogP contribution in [0.5, 0.6) is 0 Å². The maximum absolute atomic E-state index is 11.4. The first-order valence-electron chi connectivity index (χ1n) is 4.71. The maximum atomic E-state index is 11.4. The highest BCUT2D eigenvalue weighted by Crippen LogP contribution is 1.92. The standard InChI is InChI=1S/C8H15N3O4/c9-8(13)15-4-2-11-7(12)6-5-14-3-1-10-6/h6,10H,1-5H2,(H2,9,13)(H,11,12). The molecular weight excluding hydrogens is 202 g/mol. The van der Waals surface area contributed by atoms with Crippen LogP contribution in [0, 0.1) is 0 Å². The Labute approximate surface area is 87.3 Å². The average Bonchev–Trinajstić information content (AvgIpc) is 2.25. The SMILES string of the molecule is NC(=O)OCCNC(=O)C1COCCN1. The average molecular weight is 217 g/mol. The molecule has 4 N–H and O–H groups in total. The molecule has 0 saturated carbocycles. The van der Waals surface area contributed by atoms with Gasteiger partial charge in [0.05, 0.1) is 19.8 Å². The summed E-state index contributed by atoms with van der Waals surface area (Å²) in [5, 5.41) is 5.59. The van der Waals surface area contributed by atoms with Crippen LogP contribution < -0.4 is 16.4 Å². The van der Waals surface area contributed by atoms with Crippen LogP contribution in [-0.4, -0.2) is 51.0 Å². The van der Waals surface area contributed by atoms with Crippen LogP contribution in [0.2, 0.25) is 0 Å². The highest BCUT2D eigenvalue weighted by atomic mass is 16.5. The number of amides is 2. The quantitative estimate of drug-likeness (QED) is 0.481. The molecule has 1 saturated heterocycles. The van der Waals surface area contributed by atoms with Gasteiger partial charge in [-0.15, -0.1) is 0 Å². The number of ether oxygens (including phenoxy) is 2. The zero-order valence-corrected chi connectivity index (χ0v) is 8.32. The van der Waals surface area contributed by atoms with Crippen molar-refractivity contribution in [1.29, 1.82) is 0 Å². The molecule has 1 aliphatic heterocycles. The third-order valence-corrected chi connectivity index (χ3v) is 1.88. The van der Waals surface area contributed by atoms with Crippen molar-refractivity contribution < 1.29 is 19.1 Å². The van der Waals surface area contributed by atoms with E-state index in [-0.39, 0.29) is 25.1 Å². The number of rotatable bonds is 4. The third-order valence-electron chi connectivity index (χ3n) is 1.88. The highest BCUT2D eigenvalue weighted by Gasteiger charge is 2.20. The van der Waals surface area contributed by atoms with E-state index in [4.69, 9.17) is 10.5 Å². The Bertz CT molecular complexity index is 228. The highest BCUT2D eigenvalue weighted by molar-refractivity contribution is 5.81. The summed E-state index contributed by atoms with van der Waals surface area (Å²) in [7, 11) is 0.